The smallest absolute Gasteiger partial charge is 0.224 e. The van der Waals surface area contributed by atoms with Crippen molar-refractivity contribution >= 4 is 17.3 Å². The van der Waals surface area contributed by atoms with E-state index in [0.717, 1.165) is 23.4 Å². The number of carbonyl (C=O) groups excluding carboxylic acids is 1. The molecule has 1 atom stereocenters. The predicted octanol–water partition coefficient (Wildman–Crippen LogP) is 4.19. The summed E-state index contributed by atoms with van der Waals surface area (Å²) in [5.41, 5.74) is 3.10. The van der Waals surface area contributed by atoms with Crippen LogP contribution in [-0.2, 0) is 4.79 Å². The molecule has 1 rings (SSSR count). The van der Waals surface area contributed by atoms with Crippen LogP contribution in [0.15, 0.2) is 18.2 Å². The van der Waals surface area contributed by atoms with Gasteiger partial charge in [-0.05, 0) is 37.0 Å². The monoisotopic (exact) mass is 262 g/mol. The Morgan fingerprint density at radius 1 is 1.21 bits per heavy atom. The molecule has 0 radical (unpaired) electrons. The van der Waals surface area contributed by atoms with Crippen molar-refractivity contribution in [3.8, 4) is 0 Å². The number of benzene rings is 1. The van der Waals surface area contributed by atoms with Gasteiger partial charge in [-0.1, -0.05) is 33.8 Å². The summed E-state index contributed by atoms with van der Waals surface area (Å²) < 4.78 is 0. The van der Waals surface area contributed by atoms with Gasteiger partial charge in [0.1, 0.15) is 0 Å². The van der Waals surface area contributed by atoms with E-state index in [-0.39, 0.29) is 5.91 Å². The molecule has 1 aromatic carbocycles. The lowest BCUT2D eigenvalue weighted by atomic mass is 10.0. The molecule has 3 nitrogen and oxygen atoms in total. The quantitative estimate of drug-likeness (QED) is 0.807. The first-order valence-electron chi connectivity index (χ1n) is 7.15. The number of hydrogen-bond acceptors (Lipinski definition) is 2. The number of nitrogens with one attached hydrogen (secondary N) is 2. The molecule has 0 bridgehead atoms. The van der Waals surface area contributed by atoms with Gasteiger partial charge in [0, 0.05) is 23.8 Å². The number of anilines is 2. The summed E-state index contributed by atoms with van der Waals surface area (Å²) in [6.07, 6.45) is 1.59. The van der Waals surface area contributed by atoms with Gasteiger partial charge in [-0.15, -0.1) is 0 Å². The second-order valence-corrected chi connectivity index (χ2v) is 5.28. The Labute approximate surface area is 116 Å². The molecule has 0 heterocycles. The zero-order chi connectivity index (χ0) is 14.4. The van der Waals surface area contributed by atoms with Crippen molar-refractivity contribution in [3.63, 3.8) is 0 Å². The third-order valence-electron chi connectivity index (χ3n) is 3.51. The van der Waals surface area contributed by atoms with Crippen LogP contribution in [0.1, 0.15) is 46.1 Å². The maximum Gasteiger partial charge on any atom is 0.224 e. The molecule has 1 aromatic rings. The minimum absolute atomic E-state index is 0.0520. The highest BCUT2D eigenvalue weighted by molar-refractivity contribution is 5.92. The van der Waals surface area contributed by atoms with Crippen molar-refractivity contribution in [3.05, 3.63) is 23.8 Å². The van der Waals surface area contributed by atoms with Crippen molar-refractivity contribution < 1.29 is 4.79 Å². The van der Waals surface area contributed by atoms with Gasteiger partial charge in [0.05, 0.1) is 0 Å². The zero-order valence-corrected chi connectivity index (χ0v) is 12.7. The molecule has 2 N–H and O–H groups in total. The maximum atomic E-state index is 11.5. The summed E-state index contributed by atoms with van der Waals surface area (Å²) >= 11 is 0. The molecule has 1 unspecified atom stereocenters. The van der Waals surface area contributed by atoms with E-state index in [2.05, 4.69) is 37.5 Å². The summed E-state index contributed by atoms with van der Waals surface area (Å²) in [6.45, 7) is 10.5. The van der Waals surface area contributed by atoms with E-state index in [1.165, 1.54) is 0 Å². The van der Waals surface area contributed by atoms with Crippen LogP contribution < -0.4 is 10.6 Å². The van der Waals surface area contributed by atoms with Crippen LogP contribution in [0.4, 0.5) is 11.4 Å². The van der Waals surface area contributed by atoms with Crippen LogP contribution in [0.25, 0.3) is 0 Å². The zero-order valence-electron chi connectivity index (χ0n) is 12.7. The lowest BCUT2D eigenvalue weighted by Gasteiger charge is -2.24. The van der Waals surface area contributed by atoms with Crippen molar-refractivity contribution in [1.82, 2.24) is 0 Å². The standard InChI is InChI=1S/C16H26N2O/c1-6-13(11(3)4)17-14-9-8-10-15(12(14)5)18-16(19)7-2/h8-11,13,17H,6-7H2,1-5H3,(H,18,19). The van der Waals surface area contributed by atoms with Crippen molar-refractivity contribution in [2.45, 2.75) is 53.5 Å². The van der Waals surface area contributed by atoms with E-state index in [1.54, 1.807) is 0 Å². The Morgan fingerprint density at radius 2 is 1.84 bits per heavy atom. The van der Waals surface area contributed by atoms with Gasteiger partial charge in [0.2, 0.25) is 5.91 Å². The number of rotatable bonds is 6. The molecule has 0 saturated carbocycles. The second-order valence-electron chi connectivity index (χ2n) is 5.28. The lowest BCUT2D eigenvalue weighted by Crippen LogP contribution is -2.25. The van der Waals surface area contributed by atoms with Crippen LogP contribution in [-0.4, -0.2) is 11.9 Å². The predicted molar refractivity (Wildman–Crippen MR) is 82.6 cm³/mol. The van der Waals surface area contributed by atoms with Crippen LogP contribution in [0.2, 0.25) is 0 Å². The fraction of sp³-hybridized carbons (Fsp3) is 0.562. The molecule has 0 fully saturated rings. The van der Waals surface area contributed by atoms with Crippen molar-refractivity contribution in [2.75, 3.05) is 10.6 Å². The van der Waals surface area contributed by atoms with Gasteiger partial charge in [-0.25, -0.2) is 0 Å². The Kier molecular flexibility index (Phi) is 5.87. The maximum absolute atomic E-state index is 11.5. The number of amides is 1. The molecule has 0 aliphatic heterocycles. The largest absolute Gasteiger partial charge is 0.382 e. The molecule has 19 heavy (non-hydrogen) atoms. The van der Waals surface area contributed by atoms with Gasteiger partial charge in [0.15, 0.2) is 0 Å². The molecule has 0 aliphatic carbocycles. The molecular formula is C16H26N2O. The molecule has 0 aliphatic rings. The Morgan fingerprint density at radius 3 is 2.37 bits per heavy atom. The summed E-state index contributed by atoms with van der Waals surface area (Å²) in [5, 5.41) is 6.52. The third-order valence-corrected chi connectivity index (χ3v) is 3.51. The molecule has 1 amide bonds. The summed E-state index contributed by atoms with van der Waals surface area (Å²) in [5.74, 6) is 0.634. The number of hydrogen-bond donors (Lipinski definition) is 2. The van der Waals surface area contributed by atoms with Crippen molar-refractivity contribution in [1.29, 1.82) is 0 Å². The van der Waals surface area contributed by atoms with Crippen LogP contribution in [0.5, 0.6) is 0 Å². The van der Waals surface area contributed by atoms with E-state index >= 15 is 0 Å². The molecule has 0 spiro atoms. The first-order chi connectivity index (χ1) is 8.99. The van der Waals surface area contributed by atoms with Gasteiger partial charge in [-0.2, -0.15) is 0 Å². The highest BCUT2D eigenvalue weighted by atomic mass is 16.1. The Hall–Kier alpha value is -1.51. The normalized spacial score (nSPS) is 12.3. The van der Waals surface area contributed by atoms with Crippen molar-refractivity contribution in [2.24, 2.45) is 5.92 Å². The first-order valence-corrected chi connectivity index (χ1v) is 7.15. The molecular weight excluding hydrogens is 236 g/mol. The minimum Gasteiger partial charge on any atom is -0.382 e. The molecule has 0 aromatic heterocycles. The molecule has 0 saturated heterocycles. The average Bonchev–Trinajstić information content (AvgIpc) is 2.39. The second kappa shape index (κ2) is 7.17. The number of carbonyl (C=O) groups is 1. The van der Waals surface area contributed by atoms with Gasteiger partial charge >= 0.3 is 0 Å². The SMILES string of the molecule is CCC(=O)Nc1cccc(NC(CC)C(C)C)c1C. The Balaban J connectivity index is 2.91. The summed E-state index contributed by atoms with van der Waals surface area (Å²) in [7, 11) is 0. The van der Waals surface area contributed by atoms with Crippen LogP contribution in [0.3, 0.4) is 0 Å². The highest BCUT2D eigenvalue weighted by Gasteiger charge is 2.13. The fourth-order valence-electron chi connectivity index (χ4n) is 2.11. The van der Waals surface area contributed by atoms with E-state index in [9.17, 15) is 4.79 Å². The van der Waals surface area contributed by atoms with Gasteiger partial charge in [0.25, 0.3) is 0 Å². The van der Waals surface area contributed by atoms with Crippen LogP contribution in [0, 0.1) is 12.8 Å². The topological polar surface area (TPSA) is 41.1 Å². The van der Waals surface area contributed by atoms with Gasteiger partial charge < -0.3 is 10.6 Å². The van der Waals surface area contributed by atoms with Gasteiger partial charge in [-0.3, -0.25) is 4.79 Å². The highest BCUT2D eigenvalue weighted by Crippen LogP contribution is 2.25. The van der Waals surface area contributed by atoms with E-state index < -0.39 is 0 Å². The van der Waals surface area contributed by atoms with E-state index in [4.69, 9.17) is 0 Å². The minimum atomic E-state index is 0.0520. The molecule has 3 heteroatoms. The van der Waals surface area contributed by atoms with E-state index in [1.807, 2.05) is 26.0 Å². The third kappa shape index (κ3) is 4.27. The Bertz CT molecular complexity index is 427. The molecule has 106 valence electrons. The van der Waals surface area contributed by atoms with Crippen LogP contribution >= 0.6 is 0 Å². The first kappa shape index (κ1) is 15.5. The average molecular weight is 262 g/mol. The fourth-order valence-corrected chi connectivity index (χ4v) is 2.11. The van der Waals surface area contributed by atoms with E-state index in [0.29, 0.717) is 18.4 Å². The lowest BCUT2D eigenvalue weighted by molar-refractivity contribution is -0.115. The summed E-state index contributed by atoms with van der Waals surface area (Å²) in [6, 6.07) is 6.45. The summed E-state index contributed by atoms with van der Waals surface area (Å²) in [4.78, 5) is 11.5.